The summed E-state index contributed by atoms with van der Waals surface area (Å²) in [6.07, 6.45) is 2.47. The van der Waals surface area contributed by atoms with Crippen molar-refractivity contribution in [2.75, 3.05) is 20.1 Å². The molecule has 0 aromatic carbocycles. The van der Waals surface area contributed by atoms with Crippen molar-refractivity contribution in [3.8, 4) is 0 Å². The number of carbonyl (C=O) groups is 2. The van der Waals surface area contributed by atoms with Crippen molar-refractivity contribution in [3.63, 3.8) is 0 Å². The van der Waals surface area contributed by atoms with Crippen LogP contribution in [-0.2, 0) is 0 Å². The van der Waals surface area contributed by atoms with Crippen LogP contribution in [-0.4, -0.2) is 53.0 Å². The Morgan fingerprint density at radius 3 is 2.89 bits per heavy atom. The minimum atomic E-state index is -1.11. The van der Waals surface area contributed by atoms with Gasteiger partial charge < -0.3 is 15.3 Å². The number of hydrogen-bond acceptors (Lipinski definition) is 5. The molecule has 1 aliphatic rings. The second-order valence-corrected chi connectivity index (χ2v) is 5.17. The minimum absolute atomic E-state index is 0.0831. The summed E-state index contributed by atoms with van der Waals surface area (Å²) in [5.41, 5.74) is -0.0831. The van der Waals surface area contributed by atoms with E-state index < -0.39 is 5.97 Å². The highest BCUT2D eigenvalue weighted by atomic mass is 32.1. The van der Waals surface area contributed by atoms with Gasteiger partial charge in [-0.15, -0.1) is 11.3 Å². The van der Waals surface area contributed by atoms with E-state index in [0.29, 0.717) is 12.6 Å². The summed E-state index contributed by atoms with van der Waals surface area (Å²) in [4.78, 5) is 28.3. The summed E-state index contributed by atoms with van der Waals surface area (Å²) in [5, 5.41) is 13.0. The normalized spacial score (nSPS) is 14.8. The molecule has 7 heteroatoms. The molecule has 6 nitrogen and oxygen atoms in total. The quantitative estimate of drug-likeness (QED) is 0.793. The number of amides is 1. The molecule has 0 radical (unpaired) electrons. The van der Waals surface area contributed by atoms with Crippen LogP contribution in [0.15, 0.2) is 5.38 Å². The van der Waals surface area contributed by atoms with Gasteiger partial charge in [-0.25, -0.2) is 9.78 Å². The third kappa shape index (κ3) is 3.27. The topological polar surface area (TPSA) is 82.5 Å². The number of nitrogens with zero attached hydrogens (tertiary/aromatic N) is 2. The van der Waals surface area contributed by atoms with Crippen molar-refractivity contribution in [3.05, 3.63) is 16.1 Å². The zero-order valence-corrected chi connectivity index (χ0v) is 10.9. The maximum Gasteiger partial charge on any atom is 0.355 e. The molecule has 1 aliphatic carbocycles. The van der Waals surface area contributed by atoms with Crippen molar-refractivity contribution in [1.29, 1.82) is 0 Å². The molecule has 1 fully saturated rings. The van der Waals surface area contributed by atoms with Crippen molar-refractivity contribution in [2.45, 2.75) is 18.9 Å². The van der Waals surface area contributed by atoms with E-state index in [-0.39, 0.29) is 16.6 Å². The first-order valence-electron chi connectivity index (χ1n) is 5.75. The lowest BCUT2D eigenvalue weighted by molar-refractivity contribution is 0.0691. The fraction of sp³-hybridized carbons (Fsp3) is 0.545. The highest BCUT2D eigenvalue weighted by Crippen LogP contribution is 2.24. The molecular weight excluding hydrogens is 254 g/mol. The second kappa shape index (κ2) is 5.45. The van der Waals surface area contributed by atoms with Crippen LogP contribution in [0.2, 0.25) is 0 Å². The first-order valence-corrected chi connectivity index (χ1v) is 6.63. The Kier molecular flexibility index (Phi) is 3.93. The van der Waals surface area contributed by atoms with Gasteiger partial charge in [0.1, 0.15) is 0 Å². The standard InChI is InChI=1S/C11H15N3O3S/c1-14(7-2-3-7)5-4-12-9(15)10-13-8(6-18-10)11(16)17/h6-7H,2-5H2,1H3,(H,12,15)(H,16,17). The van der Waals surface area contributed by atoms with Gasteiger partial charge in [0.05, 0.1) is 0 Å². The molecule has 0 unspecified atom stereocenters. The van der Waals surface area contributed by atoms with Crippen LogP contribution < -0.4 is 5.32 Å². The van der Waals surface area contributed by atoms with Crippen LogP contribution in [0.3, 0.4) is 0 Å². The lowest BCUT2D eigenvalue weighted by atomic mass is 10.4. The zero-order valence-electron chi connectivity index (χ0n) is 10.0. The molecule has 98 valence electrons. The monoisotopic (exact) mass is 269 g/mol. The number of aromatic carboxylic acids is 1. The van der Waals surface area contributed by atoms with Crippen LogP contribution >= 0.6 is 11.3 Å². The maximum absolute atomic E-state index is 11.7. The van der Waals surface area contributed by atoms with Crippen LogP contribution in [0, 0.1) is 0 Å². The van der Waals surface area contributed by atoms with E-state index in [1.165, 1.54) is 18.2 Å². The van der Waals surface area contributed by atoms with Gasteiger partial charge in [-0.05, 0) is 19.9 Å². The van der Waals surface area contributed by atoms with Crippen molar-refractivity contribution in [2.24, 2.45) is 0 Å². The lowest BCUT2D eigenvalue weighted by Gasteiger charge is -2.15. The highest BCUT2D eigenvalue weighted by molar-refractivity contribution is 7.11. The number of aromatic nitrogens is 1. The van der Waals surface area contributed by atoms with Crippen LogP contribution in [0.5, 0.6) is 0 Å². The number of likely N-dealkylation sites (N-methyl/N-ethyl adjacent to an activating group) is 1. The van der Waals surface area contributed by atoms with E-state index in [4.69, 9.17) is 5.11 Å². The number of hydrogen-bond donors (Lipinski definition) is 2. The Morgan fingerprint density at radius 2 is 2.33 bits per heavy atom. The predicted octanol–water partition coefficient (Wildman–Crippen LogP) is 0.665. The molecule has 2 N–H and O–H groups in total. The Bertz CT molecular complexity index is 456. The molecule has 1 aromatic rings. The number of thiazole rings is 1. The van der Waals surface area contributed by atoms with E-state index in [0.717, 1.165) is 17.9 Å². The van der Waals surface area contributed by atoms with E-state index in [2.05, 4.69) is 15.2 Å². The van der Waals surface area contributed by atoms with Gasteiger partial charge in [-0.2, -0.15) is 0 Å². The molecule has 2 rings (SSSR count). The first-order chi connectivity index (χ1) is 8.58. The zero-order chi connectivity index (χ0) is 13.1. The summed E-state index contributed by atoms with van der Waals surface area (Å²) >= 11 is 1.05. The van der Waals surface area contributed by atoms with Gasteiger partial charge in [0, 0.05) is 24.5 Å². The summed E-state index contributed by atoms with van der Waals surface area (Å²) in [5.74, 6) is -1.42. The van der Waals surface area contributed by atoms with Crippen molar-refractivity contribution >= 4 is 23.2 Å². The van der Waals surface area contributed by atoms with Gasteiger partial charge in [-0.1, -0.05) is 0 Å². The van der Waals surface area contributed by atoms with Crippen LogP contribution in [0.25, 0.3) is 0 Å². The number of carboxylic acid groups (broad SMARTS) is 1. The van der Waals surface area contributed by atoms with E-state index in [1.54, 1.807) is 0 Å². The molecular formula is C11H15N3O3S. The maximum atomic E-state index is 11.7. The summed E-state index contributed by atoms with van der Waals surface area (Å²) in [6, 6.07) is 0.667. The molecule has 0 saturated heterocycles. The number of carboxylic acids is 1. The van der Waals surface area contributed by atoms with Crippen molar-refractivity contribution in [1.82, 2.24) is 15.2 Å². The molecule has 1 heterocycles. The molecule has 1 amide bonds. The molecule has 0 aliphatic heterocycles. The number of carbonyl (C=O) groups excluding carboxylic acids is 1. The van der Waals surface area contributed by atoms with E-state index in [9.17, 15) is 9.59 Å². The van der Waals surface area contributed by atoms with Gasteiger partial charge >= 0.3 is 5.97 Å². The Morgan fingerprint density at radius 1 is 1.61 bits per heavy atom. The van der Waals surface area contributed by atoms with Crippen LogP contribution in [0.1, 0.15) is 33.1 Å². The average Bonchev–Trinajstić information content (AvgIpc) is 3.05. The van der Waals surface area contributed by atoms with Crippen molar-refractivity contribution < 1.29 is 14.7 Å². The molecule has 18 heavy (non-hydrogen) atoms. The Hall–Kier alpha value is -1.47. The third-order valence-electron chi connectivity index (χ3n) is 2.84. The highest BCUT2D eigenvalue weighted by Gasteiger charge is 2.25. The van der Waals surface area contributed by atoms with Gasteiger partial charge in [0.15, 0.2) is 10.7 Å². The summed E-state index contributed by atoms with van der Waals surface area (Å²) in [7, 11) is 2.04. The lowest BCUT2D eigenvalue weighted by Crippen LogP contribution is -2.33. The minimum Gasteiger partial charge on any atom is -0.476 e. The SMILES string of the molecule is CN(CCNC(=O)c1nc(C(=O)O)cs1)C1CC1. The predicted molar refractivity (Wildman–Crippen MR) is 67.1 cm³/mol. The Labute approximate surface area is 109 Å². The fourth-order valence-electron chi connectivity index (χ4n) is 1.60. The van der Waals surface area contributed by atoms with Gasteiger partial charge in [-0.3, -0.25) is 4.79 Å². The smallest absolute Gasteiger partial charge is 0.355 e. The van der Waals surface area contributed by atoms with Crippen LogP contribution in [0.4, 0.5) is 0 Å². The first kappa shape index (κ1) is 13.0. The summed E-state index contributed by atoms with van der Waals surface area (Å²) < 4.78 is 0. The second-order valence-electron chi connectivity index (χ2n) is 4.31. The molecule has 0 spiro atoms. The largest absolute Gasteiger partial charge is 0.476 e. The fourth-order valence-corrected chi connectivity index (χ4v) is 2.30. The molecule has 1 aromatic heterocycles. The average molecular weight is 269 g/mol. The van der Waals surface area contributed by atoms with Gasteiger partial charge in [0.2, 0.25) is 0 Å². The number of nitrogens with one attached hydrogen (secondary N) is 1. The number of rotatable bonds is 6. The molecule has 0 atom stereocenters. The molecule has 1 saturated carbocycles. The third-order valence-corrected chi connectivity index (χ3v) is 3.68. The Balaban J connectivity index is 1.77. The summed E-state index contributed by atoms with van der Waals surface area (Å²) in [6.45, 7) is 1.35. The van der Waals surface area contributed by atoms with E-state index in [1.807, 2.05) is 7.05 Å². The molecule has 0 bridgehead atoms. The van der Waals surface area contributed by atoms with E-state index >= 15 is 0 Å². The van der Waals surface area contributed by atoms with Gasteiger partial charge in [0.25, 0.3) is 5.91 Å².